The fourth-order valence-electron chi connectivity index (χ4n) is 3.68. The van der Waals surface area contributed by atoms with E-state index >= 15 is 0 Å². The normalized spacial score (nSPS) is 20.6. The van der Waals surface area contributed by atoms with Crippen molar-refractivity contribution in [2.45, 2.75) is 45.5 Å². The van der Waals surface area contributed by atoms with E-state index in [1.54, 1.807) is 20.8 Å². The first kappa shape index (κ1) is 19.2. The van der Waals surface area contributed by atoms with Crippen molar-refractivity contribution in [3.8, 4) is 0 Å². The first-order valence-corrected chi connectivity index (χ1v) is 8.65. The summed E-state index contributed by atoms with van der Waals surface area (Å²) >= 11 is 0. The van der Waals surface area contributed by atoms with Crippen LogP contribution in [0.1, 0.15) is 49.4 Å². The standard InChI is InChI=1S/C18H20F3N3O3/c1-9(2)24-14-5-4-11(8-13(14)22-17(24)18(19,20)21)15(25)23-7-6-12(10(23)3)16(26)27/h4-5,8-10,12H,6-7H2,1-3H3,(H,26,27). The SMILES string of the molecule is CC1C(C(=O)O)CCN1C(=O)c1ccc2c(c1)nc(C(F)(F)F)n2C(C)C. The van der Waals surface area contributed by atoms with E-state index in [-0.39, 0.29) is 11.1 Å². The van der Waals surface area contributed by atoms with Gasteiger partial charge in [-0.25, -0.2) is 4.98 Å². The van der Waals surface area contributed by atoms with E-state index in [1.807, 2.05) is 0 Å². The van der Waals surface area contributed by atoms with Crippen LogP contribution in [0.3, 0.4) is 0 Å². The highest BCUT2D eigenvalue weighted by molar-refractivity contribution is 5.98. The molecule has 2 aromatic rings. The lowest BCUT2D eigenvalue weighted by Crippen LogP contribution is -2.37. The second-order valence-corrected chi connectivity index (χ2v) is 7.07. The van der Waals surface area contributed by atoms with Gasteiger partial charge in [-0.3, -0.25) is 9.59 Å². The molecule has 0 aliphatic carbocycles. The van der Waals surface area contributed by atoms with Crippen LogP contribution in [0, 0.1) is 5.92 Å². The molecule has 1 amide bonds. The molecule has 2 heterocycles. The molecule has 2 atom stereocenters. The van der Waals surface area contributed by atoms with Gasteiger partial charge in [0.15, 0.2) is 0 Å². The largest absolute Gasteiger partial charge is 0.481 e. The summed E-state index contributed by atoms with van der Waals surface area (Å²) in [6.07, 6.45) is -4.25. The number of likely N-dealkylation sites (tertiary alicyclic amines) is 1. The van der Waals surface area contributed by atoms with Crippen LogP contribution >= 0.6 is 0 Å². The molecule has 0 bridgehead atoms. The van der Waals surface area contributed by atoms with Crippen molar-refractivity contribution >= 4 is 22.9 Å². The van der Waals surface area contributed by atoms with Crippen LogP contribution in [0.4, 0.5) is 13.2 Å². The van der Waals surface area contributed by atoms with Crippen LogP contribution < -0.4 is 0 Å². The number of carboxylic acid groups (broad SMARTS) is 1. The maximum Gasteiger partial charge on any atom is 0.449 e. The molecule has 1 aromatic carbocycles. The van der Waals surface area contributed by atoms with Gasteiger partial charge in [0, 0.05) is 24.2 Å². The maximum absolute atomic E-state index is 13.3. The number of alkyl halides is 3. The Bertz CT molecular complexity index is 904. The molecule has 1 aliphatic heterocycles. The third-order valence-corrected chi connectivity index (χ3v) is 5.04. The number of benzene rings is 1. The number of aromatic nitrogens is 2. The molecule has 9 heteroatoms. The van der Waals surface area contributed by atoms with Gasteiger partial charge in [-0.05, 0) is 45.4 Å². The van der Waals surface area contributed by atoms with E-state index in [9.17, 15) is 27.9 Å². The van der Waals surface area contributed by atoms with Crippen molar-refractivity contribution in [3.63, 3.8) is 0 Å². The zero-order chi connectivity index (χ0) is 20.1. The van der Waals surface area contributed by atoms with Gasteiger partial charge >= 0.3 is 12.1 Å². The Morgan fingerprint density at radius 3 is 2.48 bits per heavy atom. The number of imidazole rings is 1. The predicted molar refractivity (Wildman–Crippen MR) is 91.4 cm³/mol. The van der Waals surface area contributed by atoms with Gasteiger partial charge in [0.25, 0.3) is 5.91 Å². The summed E-state index contributed by atoms with van der Waals surface area (Å²) in [5.74, 6) is -3.01. The summed E-state index contributed by atoms with van der Waals surface area (Å²) in [5, 5.41) is 9.20. The first-order valence-electron chi connectivity index (χ1n) is 8.65. The first-order chi connectivity index (χ1) is 12.5. The molecule has 27 heavy (non-hydrogen) atoms. The van der Waals surface area contributed by atoms with Gasteiger partial charge in [0.1, 0.15) is 0 Å². The fraction of sp³-hybridized carbons (Fsp3) is 0.500. The average Bonchev–Trinajstić information content (AvgIpc) is 3.13. The van der Waals surface area contributed by atoms with Gasteiger partial charge in [0.2, 0.25) is 5.82 Å². The number of halogens is 3. The molecule has 146 valence electrons. The number of fused-ring (bicyclic) bond motifs is 1. The highest BCUT2D eigenvalue weighted by Gasteiger charge is 2.40. The van der Waals surface area contributed by atoms with E-state index in [0.29, 0.717) is 18.5 Å². The smallest absolute Gasteiger partial charge is 0.449 e. The van der Waals surface area contributed by atoms with Crippen molar-refractivity contribution in [1.29, 1.82) is 0 Å². The Morgan fingerprint density at radius 2 is 1.96 bits per heavy atom. The molecule has 3 rings (SSSR count). The van der Waals surface area contributed by atoms with Gasteiger partial charge in [-0.15, -0.1) is 0 Å². The zero-order valence-corrected chi connectivity index (χ0v) is 15.1. The molecule has 1 aromatic heterocycles. The van der Waals surface area contributed by atoms with E-state index in [0.717, 1.165) is 4.57 Å². The molecule has 6 nitrogen and oxygen atoms in total. The van der Waals surface area contributed by atoms with Crippen molar-refractivity contribution < 1.29 is 27.9 Å². The monoisotopic (exact) mass is 383 g/mol. The number of rotatable bonds is 3. The molecule has 1 saturated heterocycles. The number of hydrogen-bond donors (Lipinski definition) is 1. The average molecular weight is 383 g/mol. The Balaban J connectivity index is 2.00. The quantitative estimate of drug-likeness (QED) is 0.879. The van der Waals surface area contributed by atoms with Gasteiger partial charge in [-0.2, -0.15) is 13.2 Å². The third kappa shape index (κ3) is 3.26. The van der Waals surface area contributed by atoms with Gasteiger partial charge < -0.3 is 14.6 Å². The molecule has 0 radical (unpaired) electrons. The highest BCUT2D eigenvalue weighted by atomic mass is 19.4. The van der Waals surface area contributed by atoms with Gasteiger partial charge in [-0.1, -0.05) is 0 Å². The number of nitrogens with zero attached hydrogens (tertiary/aromatic N) is 3. The summed E-state index contributed by atoms with van der Waals surface area (Å²) in [7, 11) is 0. The number of carbonyl (C=O) groups is 2. The Kier molecular flexibility index (Phi) is 4.65. The topological polar surface area (TPSA) is 75.4 Å². The number of hydrogen-bond acceptors (Lipinski definition) is 3. The van der Waals surface area contributed by atoms with Gasteiger partial charge in [0.05, 0.1) is 17.0 Å². The highest BCUT2D eigenvalue weighted by Crippen LogP contribution is 2.34. The molecular weight excluding hydrogens is 363 g/mol. The molecule has 1 N–H and O–H groups in total. The summed E-state index contributed by atoms with van der Waals surface area (Å²) in [5.41, 5.74) is 0.581. The molecule has 0 spiro atoms. The Morgan fingerprint density at radius 1 is 1.30 bits per heavy atom. The minimum Gasteiger partial charge on any atom is -0.481 e. The predicted octanol–water partition coefficient (Wildman–Crippen LogP) is 3.57. The van der Waals surface area contributed by atoms with E-state index in [1.165, 1.54) is 23.1 Å². The maximum atomic E-state index is 13.3. The van der Waals surface area contributed by atoms with Crippen LogP contribution in [-0.4, -0.2) is 44.0 Å². The lowest BCUT2D eigenvalue weighted by Gasteiger charge is -2.23. The third-order valence-electron chi connectivity index (χ3n) is 5.04. The lowest BCUT2D eigenvalue weighted by molar-refractivity contribution is -0.147. The summed E-state index contributed by atoms with van der Waals surface area (Å²) < 4.78 is 41.0. The van der Waals surface area contributed by atoms with Crippen LogP contribution in [0.2, 0.25) is 0 Å². The molecule has 1 fully saturated rings. The van der Waals surface area contributed by atoms with Crippen LogP contribution in [0.15, 0.2) is 18.2 Å². The number of aliphatic carboxylic acids is 1. The van der Waals surface area contributed by atoms with Crippen LogP contribution in [-0.2, 0) is 11.0 Å². The number of carboxylic acids is 1. The molecule has 1 aliphatic rings. The summed E-state index contributed by atoms with van der Waals surface area (Å²) in [6.45, 7) is 5.22. The molecule has 0 saturated carbocycles. The van der Waals surface area contributed by atoms with E-state index < -0.39 is 41.9 Å². The van der Waals surface area contributed by atoms with E-state index in [2.05, 4.69) is 4.98 Å². The molecular formula is C18H20F3N3O3. The number of carbonyl (C=O) groups excluding carboxylic acids is 1. The fourth-order valence-corrected chi connectivity index (χ4v) is 3.68. The van der Waals surface area contributed by atoms with Crippen molar-refractivity contribution in [2.75, 3.05) is 6.54 Å². The van der Waals surface area contributed by atoms with Crippen molar-refractivity contribution in [2.24, 2.45) is 5.92 Å². The Hall–Kier alpha value is -2.58. The summed E-state index contributed by atoms with van der Waals surface area (Å²) in [4.78, 5) is 29.2. The van der Waals surface area contributed by atoms with Crippen molar-refractivity contribution in [1.82, 2.24) is 14.5 Å². The zero-order valence-electron chi connectivity index (χ0n) is 15.1. The minimum atomic E-state index is -4.61. The molecule has 2 unspecified atom stereocenters. The number of amides is 1. The van der Waals surface area contributed by atoms with Crippen molar-refractivity contribution in [3.05, 3.63) is 29.6 Å². The summed E-state index contributed by atoms with van der Waals surface area (Å²) in [6, 6.07) is 3.33. The van der Waals surface area contributed by atoms with Crippen LogP contribution in [0.25, 0.3) is 11.0 Å². The van der Waals surface area contributed by atoms with E-state index in [4.69, 9.17) is 0 Å². The lowest BCUT2D eigenvalue weighted by atomic mass is 10.0. The minimum absolute atomic E-state index is 0.0866. The second-order valence-electron chi connectivity index (χ2n) is 7.07. The second kappa shape index (κ2) is 6.54. The van der Waals surface area contributed by atoms with Crippen LogP contribution in [0.5, 0.6) is 0 Å². The Labute approximate surface area is 153 Å².